The molecule has 0 atom stereocenters. The molecule has 1 N–H and O–H groups in total. The van der Waals surface area contributed by atoms with Gasteiger partial charge in [-0.25, -0.2) is 4.98 Å². The monoisotopic (exact) mass is 209 g/mol. The second-order valence-corrected chi connectivity index (χ2v) is 2.79. The molecule has 0 amide bonds. The summed E-state index contributed by atoms with van der Waals surface area (Å²) < 4.78 is 12.7. The van der Waals surface area contributed by atoms with Gasteiger partial charge in [0.05, 0.1) is 16.6 Å². The van der Waals surface area contributed by atoms with Crippen LogP contribution in [0.15, 0.2) is 23.1 Å². The van der Waals surface area contributed by atoms with Crippen molar-refractivity contribution in [2.24, 2.45) is 0 Å². The van der Waals surface area contributed by atoms with Crippen LogP contribution in [-0.2, 0) is 0 Å². The van der Waals surface area contributed by atoms with Gasteiger partial charge < -0.3 is 4.98 Å². The largest absolute Gasteiger partial charge is 0.354 e. The van der Waals surface area contributed by atoms with Crippen LogP contribution in [0.4, 0.5) is 10.1 Å². The molecule has 2 heterocycles. The molecule has 0 radical (unpaired) electrons. The van der Waals surface area contributed by atoms with Crippen LogP contribution in [-0.4, -0.2) is 14.9 Å². The number of aromatic amines is 1. The molecule has 0 bridgehead atoms. The van der Waals surface area contributed by atoms with E-state index < -0.39 is 22.0 Å². The first-order valence-corrected chi connectivity index (χ1v) is 3.92. The molecule has 76 valence electrons. The standard InChI is InChI=1S/C8H4FN3O3/c9-6-2-1-4-7(11-6)8(13)5(3-10-4)12(14)15/h1-3H,(H,10,13). The third-order valence-corrected chi connectivity index (χ3v) is 1.87. The number of hydrogen-bond donors (Lipinski definition) is 1. The lowest BCUT2D eigenvalue weighted by Gasteiger charge is -1.96. The molecule has 0 fully saturated rings. The number of nitrogens with one attached hydrogen (secondary N) is 1. The van der Waals surface area contributed by atoms with Gasteiger partial charge in [0.2, 0.25) is 5.95 Å². The summed E-state index contributed by atoms with van der Waals surface area (Å²) in [5.41, 5.74) is -1.56. The van der Waals surface area contributed by atoms with Crippen LogP contribution in [0.3, 0.4) is 0 Å². The Kier molecular flexibility index (Phi) is 1.93. The van der Waals surface area contributed by atoms with Gasteiger partial charge in [-0.15, -0.1) is 0 Å². The van der Waals surface area contributed by atoms with E-state index in [4.69, 9.17) is 0 Å². The predicted octanol–water partition coefficient (Wildman–Crippen LogP) is 0.970. The molecule has 0 saturated heterocycles. The van der Waals surface area contributed by atoms with Crippen LogP contribution < -0.4 is 5.43 Å². The minimum Gasteiger partial charge on any atom is -0.354 e. The quantitative estimate of drug-likeness (QED) is 0.430. The Balaban J connectivity index is 2.89. The highest BCUT2D eigenvalue weighted by atomic mass is 19.1. The number of halogens is 1. The highest BCUT2D eigenvalue weighted by molar-refractivity contribution is 5.75. The molecule has 2 aromatic heterocycles. The molecule has 7 heteroatoms. The summed E-state index contributed by atoms with van der Waals surface area (Å²) in [6.45, 7) is 0. The van der Waals surface area contributed by atoms with Crippen molar-refractivity contribution < 1.29 is 9.31 Å². The van der Waals surface area contributed by atoms with Gasteiger partial charge in [0.1, 0.15) is 5.52 Å². The van der Waals surface area contributed by atoms with Crippen molar-refractivity contribution in [2.75, 3.05) is 0 Å². The van der Waals surface area contributed by atoms with Crippen LogP contribution in [0.5, 0.6) is 0 Å². The smallest absolute Gasteiger partial charge is 0.334 e. The second-order valence-electron chi connectivity index (χ2n) is 2.79. The molecular formula is C8H4FN3O3. The number of nitrogens with zero attached hydrogens (tertiary/aromatic N) is 2. The molecule has 6 nitrogen and oxygen atoms in total. The number of pyridine rings is 2. The number of hydrogen-bond acceptors (Lipinski definition) is 4. The number of nitro groups is 1. The molecular weight excluding hydrogens is 205 g/mol. The molecule has 0 aromatic carbocycles. The van der Waals surface area contributed by atoms with E-state index >= 15 is 0 Å². The van der Waals surface area contributed by atoms with Gasteiger partial charge in [-0.2, -0.15) is 4.39 Å². The molecule has 0 aliphatic rings. The fraction of sp³-hybridized carbons (Fsp3) is 0. The first kappa shape index (κ1) is 9.25. The molecule has 15 heavy (non-hydrogen) atoms. The average molecular weight is 209 g/mol. The zero-order chi connectivity index (χ0) is 11.0. The minimum absolute atomic E-state index is 0.256. The van der Waals surface area contributed by atoms with E-state index in [0.717, 1.165) is 12.3 Å². The number of H-pyrrole nitrogens is 1. The minimum atomic E-state index is -0.895. The van der Waals surface area contributed by atoms with E-state index in [1.807, 2.05) is 0 Å². The number of aromatic nitrogens is 2. The van der Waals surface area contributed by atoms with Gasteiger partial charge in [-0.3, -0.25) is 14.9 Å². The Morgan fingerprint density at radius 1 is 1.47 bits per heavy atom. The fourth-order valence-corrected chi connectivity index (χ4v) is 1.19. The topological polar surface area (TPSA) is 88.9 Å². The van der Waals surface area contributed by atoms with Gasteiger partial charge in [0.15, 0.2) is 0 Å². The normalized spacial score (nSPS) is 10.5. The van der Waals surface area contributed by atoms with Gasteiger partial charge >= 0.3 is 5.69 Å². The maximum absolute atomic E-state index is 12.7. The summed E-state index contributed by atoms with van der Waals surface area (Å²) >= 11 is 0. The summed E-state index contributed by atoms with van der Waals surface area (Å²) in [5, 5.41) is 10.4. The first-order valence-electron chi connectivity index (χ1n) is 3.92. The highest BCUT2D eigenvalue weighted by Gasteiger charge is 2.15. The zero-order valence-electron chi connectivity index (χ0n) is 7.23. The average Bonchev–Trinajstić information content (AvgIpc) is 2.19. The Morgan fingerprint density at radius 3 is 2.87 bits per heavy atom. The third kappa shape index (κ3) is 1.43. The van der Waals surface area contributed by atoms with Crippen molar-refractivity contribution in [2.45, 2.75) is 0 Å². The number of rotatable bonds is 1. The maximum atomic E-state index is 12.7. The Bertz CT molecular complexity index is 608. The van der Waals surface area contributed by atoms with Crippen molar-refractivity contribution in [3.05, 3.63) is 44.6 Å². The Labute approximate surface area is 81.5 Å². The van der Waals surface area contributed by atoms with Crippen molar-refractivity contribution in [3.63, 3.8) is 0 Å². The Morgan fingerprint density at radius 2 is 2.20 bits per heavy atom. The molecule has 2 rings (SSSR count). The van der Waals surface area contributed by atoms with Crippen LogP contribution >= 0.6 is 0 Å². The lowest BCUT2D eigenvalue weighted by atomic mass is 10.3. The van der Waals surface area contributed by atoms with Crippen LogP contribution in [0.25, 0.3) is 11.0 Å². The van der Waals surface area contributed by atoms with Crippen LogP contribution in [0.1, 0.15) is 0 Å². The lowest BCUT2D eigenvalue weighted by molar-refractivity contribution is -0.386. The molecule has 0 unspecified atom stereocenters. The molecule has 2 aromatic rings. The van der Waals surface area contributed by atoms with Gasteiger partial charge in [0, 0.05) is 0 Å². The van der Waals surface area contributed by atoms with E-state index in [-0.39, 0.29) is 11.0 Å². The van der Waals surface area contributed by atoms with Crippen molar-refractivity contribution in [1.29, 1.82) is 0 Å². The summed E-state index contributed by atoms with van der Waals surface area (Å²) in [7, 11) is 0. The number of fused-ring (bicyclic) bond motifs is 1. The van der Waals surface area contributed by atoms with Gasteiger partial charge in [0.25, 0.3) is 5.43 Å². The van der Waals surface area contributed by atoms with E-state index in [1.54, 1.807) is 0 Å². The van der Waals surface area contributed by atoms with E-state index in [9.17, 15) is 19.3 Å². The summed E-state index contributed by atoms with van der Waals surface area (Å²) in [6.07, 6.45) is 0.963. The molecule has 0 aliphatic carbocycles. The van der Waals surface area contributed by atoms with Crippen molar-refractivity contribution in [3.8, 4) is 0 Å². The summed E-state index contributed by atoms with van der Waals surface area (Å²) in [5.74, 6) is -0.853. The highest BCUT2D eigenvalue weighted by Crippen LogP contribution is 2.09. The van der Waals surface area contributed by atoms with Crippen LogP contribution in [0, 0.1) is 16.1 Å². The van der Waals surface area contributed by atoms with Gasteiger partial charge in [-0.05, 0) is 12.1 Å². The lowest BCUT2D eigenvalue weighted by Crippen LogP contribution is -2.10. The van der Waals surface area contributed by atoms with Crippen molar-refractivity contribution >= 4 is 16.7 Å². The Hall–Kier alpha value is -2.31. The van der Waals surface area contributed by atoms with Gasteiger partial charge in [-0.1, -0.05) is 0 Å². The second kappa shape index (κ2) is 3.12. The third-order valence-electron chi connectivity index (χ3n) is 1.87. The SMILES string of the molecule is O=c1c([N+](=O)[O-])c[nH]c2ccc(F)nc12. The molecule has 0 aliphatic heterocycles. The van der Waals surface area contributed by atoms with Crippen molar-refractivity contribution in [1.82, 2.24) is 9.97 Å². The first-order chi connectivity index (χ1) is 7.09. The molecule has 0 spiro atoms. The van der Waals surface area contributed by atoms with E-state index in [1.165, 1.54) is 6.07 Å². The van der Waals surface area contributed by atoms with E-state index in [2.05, 4.69) is 9.97 Å². The van der Waals surface area contributed by atoms with E-state index in [0.29, 0.717) is 0 Å². The molecule has 0 saturated carbocycles. The fourth-order valence-electron chi connectivity index (χ4n) is 1.19. The van der Waals surface area contributed by atoms with Crippen LogP contribution in [0.2, 0.25) is 0 Å². The predicted molar refractivity (Wildman–Crippen MR) is 49.0 cm³/mol. The zero-order valence-corrected chi connectivity index (χ0v) is 7.23. The maximum Gasteiger partial charge on any atom is 0.334 e. The summed E-state index contributed by atoms with van der Waals surface area (Å²) in [6, 6.07) is 2.35. The summed E-state index contributed by atoms with van der Waals surface area (Å²) in [4.78, 5) is 26.8.